The number of carboxylic acid groups (broad SMARTS) is 1. The van der Waals surface area contributed by atoms with E-state index in [9.17, 15) is 4.79 Å². The second-order valence-electron chi connectivity index (χ2n) is 6.33. The smallest absolute Gasteiger partial charge is 0.303 e. The lowest BCUT2D eigenvalue weighted by molar-refractivity contribution is -0.142. The highest BCUT2D eigenvalue weighted by Gasteiger charge is 2.50. The first-order valence-electron chi connectivity index (χ1n) is 7.02. The van der Waals surface area contributed by atoms with Crippen LogP contribution in [0.25, 0.3) is 0 Å². The fourth-order valence-electron chi connectivity index (χ4n) is 4.14. The fourth-order valence-corrected chi connectivity index (χ4v) is 4.85. The molecular weight excluding hydrogens is 304 g/mol. The zero-order chi connectivity index (χ0) is 13.5. The molecule has 102 valence electrons. The standard InChI is InChI=1S/C16H19BrO2/c17-13-4-2-1-3-12(13)16-8-5-15(6-9-16,7-10-16)11-14(18)19/h1-4H,5-11H2,(H,18,19). The molecule has 4 rings (SSSR count). The topological polar surface area (TPSA) is 37.3 Å². The Kier molecular flexibility index (Phi) is 3.20. The Bertz CT molecular complexity index is 485. The van der Waals surface area contributed by atoms with Crippen LogP contribution in [-0.4, -0.2) is 11.1 Å². The Morgan fingerprint density at radius 3 is 2.21 bits per heavy atom. The number of halogens is 1. The summed E-state index contributed by atoms with van der Waals surface area (Å²) >= 11 is 3.68. The van der Waals surface area contributed by atoms with Gasteiger partial charge in [-0.2, -0.15) is 0 Å². The van der Waals surface area contributed by atoms with Gasteiger partial charge in [-0.05, 0) is 61.0 Å². The minimum absolute atomic E-state index is 0.0921. The van der Waals surface area contributed by atoms with Gasteiger partial charge in [-0.3, -0.25) is 4.79 Å². The van der Waals surface area contributed by atoms with Crippen molar-refractivity contribution in [3.63, 3.8) is 0 Å². The van der Waals surface area contributed by atoms with Crippen LogP contribution in [0.3, 0.4) is 0 Å². The maximum atomic E-state index is 11.0. The second-order valence-corrected chi connectivity index (χ2v) is 7.19. The van der Waals surface area contributed by atoms with Crippen molar-refractivity contribution in [2.75, 3.05) is 0 Å². The number of hydrogen-bond acceptors (Lipinski definition) is 1. The summed E-state index contributed by atoms with van der Waals surface area (Å²) in [6, 6.07) is 8.53. The van der Waals surface area contributed by atoms with Gasteiger partial charge in [0.15, 0.2) is 0 Å². The van der Waals surface area contributed by atoms with E-state index in [1.807, 2.05) is 0 Å². The highest BCUT2D eigenvalue weighted by atomic mass is 79.9. The highest BCUT2D eigenvalue weighted by molar-refractivity contribution is 9.10. The van der Waals surface area contributed by atoms with Gasteiger partial charge in [-0.25, -0.2) is 0 Å². The Morgan fingerprint density at radius 1 is 1.11 bits per heavy atom. The van der Waals surface area contributed by atoms with Gasteiger partial charge in [-0.1, -0.05) is 34.1 Å². The summed E-state index contributed by atoms with van der Waals surface area (Å²) in [7, 11) is 0. The van der Waals surface area contributed by atoms with Gasteiger partial charge in [0.1, 0.15) is 0 Å². The third-order valence-corrected chi connectivity index (χ3v) is 6.06. The summed E-state index contributed by atoms with van der Waals surface area (Å²) in [6.07, 6.45) is 7.00. The van der Waals surface area contributed by atoms with Crippen molar-refractivity contribution < 1.29 is 9.90 Å². The minimum Gasteiger partial charge on any atom is -0.481 e. The van der Waals surface area contributed by atoms with Crippen LogP contribution >= 0.6 is 15.9 Å². The van der Waals surface area contributed by atoms with Crippen molar-refractivity contribution in [3.05, 3.63) is 34.3 Å². The van der Waals surface area contributed by atoms with Gasteiger partial charge >= 0.3 is 5.97 Å². The molecule has 2 bridgehead atoms. The Morgan fingerprint density at radius 2 is 1.68 bits per heavy atom. The molecule has 3 aliphatic rings. The largest absolute Gasteiger partial charge is 0.481 e. The molecule has 0 spiro atoms. The molecule has 1 N–H and O–H groups in total. The summed E-state index contributed by atoms with van der Waals surface area (Å²) in [4.78, 5) is 11.0. The third kappa shape index (κ3) is 2.22. The van der Waals surface area contributed by atoms with Crippen molar-refractivity contribution in [1.82, 2.24) is 0 Å². The normalized spacial score (nSPS) is 33.3. The zero-order valence-corrected chi connectivity index (χ0v) is 12.6. The predicted octanol–water partition coefficient (Wildman–Crippen LogP) is 4.52. The Labute approximate surface area is 122 Å². The molecule has 3 fully saturated rings. The SMILES string of the molecule is O=C(O)CC12CCC(c3ccccc3Br)(CC1)CC2. The van der Waals surface area contributed by atoms with Gasteiger partial charge in [-0.15, -0.1) is 0 Å². The van der Waals surface area contributed by atoms with Crippen molar-refractivity contribution in [2.45, 2.75) is 50.4 Å². The molecule has 1 aromatic rings. The van der Waals surface area contributed by atoms with Gasteiger partial charge in [0.25, 0.3) is 0 Å². The molecule has 0 aromatic heterocycles. The molecule has 0 aliphatic heterocycles. The van der Waals surface area contributed by atoms with Gasteiger partial charge < -0.3 is 5.11 Å². The van der Waals surface area contributed by atoms with E-state index in [1.54, 1.807) is 0 Å². The van der Waals surface area contributed by atoms with Crippen molar-refractivity contribution in [1.29, 1.82) is 0 Å². The van der Waals surface area contributed by atoms with Crippen LogP contribution in [0, 0.1) is 5.41 Å². The molecule has 2 nitrogen and oxygen atoms in total. The van der Waals surface area contributed by atoms with E-state index < -0.39 is 5.97 Å². The van der Waals surface area contributed by atoms with E-state index >= 15 is 0 Å². The summed E-state index contributed by atoms with van der Waals surface area (Å²) in [5.74, 6) is -0.629. The van der Waals surface area contributed by atoms with Crippen LogP contribution in [0.5, 0.6) is 0 Å². The molecule has 0 heterocycles. The second kappa shape index (κ2) is 4.62. The van der Waals surface area contributed by atoms with Crippen LogP contribution in [-0.2, 0) is 10.2 Å². The van der Waals surface area contributed by atoms with E-state index in [1.165, 1.54) is 10.0 Å². The van der Waals surface area contributed by atoms with Gasteiger partial charge in [0, 0.05) is 4.47 Å². The van der Waals surface area contributed by atoms with Crippen LogP contribution in [0.15, 0.2) is 28.7 Å². The first-order valence-corrected chi connectivity index (χ1v) is 7.82. The number of carboxylic acids is 1. The average Bonchev–Trinajstić information content (AvgIpc) is 2.40. The van der Waals surface area contributed by atoms with Gasteiger partial charge in [0.05, 0.1) is 6.42 Å². The van der Waals surface area contributed by atoms with E-state index in [0.29, 0.717) is 11.8 Å². The maximum absolute atomic E-state index is 11.0. The quantitative estimate of drug-likeness (QED) is 0.888. The third-order valence-electron chi connectivity index (χ3n) is 5.37. The molecule has 0 atom stereocenters. The summed E-state index contributed by atoms with van der Waals surface area (Å²) in [6.45, 7) is 0. The summed E-state index contributed by atoms with van der Waals surface area (Å²) in [5.41, 5.74) is 1.81. The number of aliphatic carboxylic acids is 1. The summed E-state index contributed by atoms with van der Waals surface area (Å²) < 4.78 is 1.21. The van der Waals surface area contributed by atoms with E-state index in [4.69, 9.17) is 5.11 Å². The number of benzene rings is 1. The molecule has 0 amide bonds. The molecule has 3 aliphatic carbocycles. The number of hydrogen-bond donors (Lipinski definition) is 1. The van der Waals surface area contributed by atoms with Crippen LogP contribution < -0.4 is 0 Å². The van der Waals surface area contributed by atoms with Crippen molar-refractivity contribution in [3.8, 4) is 0 Å². The molecule has 3 saturated carbocycles. The number of carbonyl (C=O) groups is 1. The molecule has 0 unspecified atom stereocenters. The lowest BCUT2D eigenvalue weighted by Crippen LogP contribution is -2.45. The Balaban J connectivity index is 1.85. The molecule has 0 radical (unpaired) electrons. The van der Waals surface area contributed by atoms with Crippen molar-refractivity contribution in [2.24, 2.45) is 5.41 Å². The predicted molar refractivity (Wildman–Crippen MR) is 78.2 cm³/mol. The number of fused-ring (bicyclic) bond motifs is 3. The molecule has 19 heavy (non-hydrogen) atoms. The lowest BCUT2D eigenvalue weighted by atomic mass is 9.51. The van der Waals surface area contributed by atoms with Crippen molar-refractivity contribution >= 4 is 21.9 Å². The first kappa shape index (κ1) is 13.2. The van der Waals surface area contributed by atoms with Crippen LogP contribution in [0.1, 0.15) is 50.5 Å². The van der Waals surface area contributed by atoms with E-state index in [0.717, 1.165) is 38.5 Å². The maximum Gasteiger partial charge on any atom is 0.303 e. The first-order chi connectivity index (χ1) is 9.05. The molecule has 1 aromatic carbocycles. The number of rotatable bonds is 3. The average molecular weight is 323 g/mol. The van der Waals surface area contributed by atoms with E-state index in [2.05, 4.69) is 40.2 Å². The van der Waals surface area contributed by atoms with Crippen LogP contribution in [0.4, 0.5) is 0 Å². The van der Waals surface area contributed by atoms with Crippen LogP contribution in [0.2, 0.25) is 0 Å². The minimum atomic E-state index is -0.629. The zero-order valence-electron chi connectivity index (χ0n) is 11.0. The molecule has 3 heteroatoms. The summed E-state index contributed by atoms with van der Waals surface area (Å²) in [5, 5.41) is 9.10. The van der Waals surface area contributed by atoms with E-state index in [-0.39, 0.29) is 5.41 Å². The molecule has 0 saturated heterocycles. The lowest BCUT2D eigenvalue weighted by Gasteiger charge is -2.53. The van der Waals surface area contributed by atoms with Gasteiger partial charge in [0.2, 0.25) is 0 Å². The monoisotopic (exact) mass is 322 g/mol. The fraction of sp³-hybridized carbons (Fsp3) is 0.562. The molecular formula is C16H19BrO2. The Hall–Kier alpha value is -0.830. The highest BCUT2D eigenvalue weighted by Crippen LogP contribution is 2.59.